The van der Waals surface area contributed by atoms with Crippen molar-refractivity contribution in [1.82, 2.24) is 5.32 Å². The van der Waals surface area contributed by atoms with Gasteiger partial charge in [0.2, 0.25) is 0 Å². The van der Waals surface area contributed by atoms with Gasteiger partial charge in [0, 0.05) is 12.0 Å². The van der Waals surface area contributed by atoms with Gasteiger partial charge in [0.25, 0.3) is 5.91 Å². The van der Waals surface area contributed by atoms with E-state index in [1.54, 1.807) is 30.3 Å². The summed E-state index contributed by atoms with van der Waals surface area (Å²) in [5.74, 6) is -1.43. The van der Waals surface area contributed by atoms with Crippen molar-refractivity contribution in [3.05, 3.63) is 83.9 Å². The van der Waals surface area contributed by atoms with E-state index in [1.165, 1.54) is 0 Å². The summed E-state index contributed by atoms with van der Waals surface area (Å²) in [6.45, 7) is 0. The molecule has 0 unspecified atom stereocenters. The van der Waals surface area contributed by atoms with E-state index in [0.717, 1.165) is 16.3 Å². The lowest BCUT2D eigenvalue weighted by Gasteiger charge is -2.15. The average molecular weight is 319 g/mol. The van der Waals surface area contributed by atoms with E-state index in [2.05, 4.69) is 5.32 Å². The quantitative estimate of drug-likeness (QED) is 0.758. The van der Waals surface area contributed by atoms with Crippen LogP contribution in [-0.2, 0) is 11.2 Å². The molecule has 24 heavy (non-hydrogen) atoms. The fraction of sp³-hybridized carbons (Fsp3) is 0.100. The number of fused-ring (bicyclic) bond motifs is 1. The van der Waals surface area contributed by atoms with Gasteiger partial charge in [-0.25, -0.2) is 4.79 Å². The topological polar surface area (TPSA) is 66.4 Å². The Hall–Kier alpha value is -3.14. The molecule has 0 aliphatic rings. The molecular weight excluding hydrogens is 302 g/mol. The largest absolute Gasteiger partial charge is 0.480 e. The molecule has 0 heterocycles. The molecular formula is C20H17NO3. The third-order valence-corrected chi connectivity index (χ3v) is 3.89. The zero-order valence-corrected chi connectivity index (χ0v) is 13.0. The van der Waals surface area contributed by atoms with Crippen LogP contribution in [0.15, 0.2) is 72.8 Å². The van der Waals surface area contributed by atoms with Crippen LogP contribution < -0.4 is 5.32 Å². The molecule has 3 aromatic rings. The second-order valence-electron chi connectivity index (χ2n) is 5.62. The molecule has 1 amide bonds. The van der Waals surface area contributed by atoms with Crippen LogP contribution >= 0.6 is 0 Å². The first-order valence-corrected chi connectivity index (χ1v) is 7.70. The fourth-order valence-electron chi connectivity index (χ4n) is 2.63. The maximum atomic E-state index is 12.2. The van der Waals surface area contributed by atoms with Crippen LogP contribution in [0.2, 0.25) is 0 Å². The van der Waals surface area contributed by atoms with E-state index < -0.39 is 12.0 Å². The van der Waals surface area contributed by atoms with Crippen molar-refractivity contribution in [2.45, 2.75) is 12.5 Å². The number of aliphatic carboxylic acids is 1. The highest BCUT2D eigenvalue weighted by atomic mass is 16.4. The predicted octanol–water partition coefficient (Wildman–Crippen LogP) is 3.27. The molecule has 4 heteroatoms. The summed E-state index contributed by atoms with van der Waals surface area (Å²) < 4.78 is 0. The molecule has 0 fully saturated rings. The van der Waals surface area contributed by atoms with E-state index in [0.29, 0.717) is 5.56 Å². The van der Waals surface area contributed by atoms with Gasteiger partial charge in [-0.15, -0.1) is 0 Å². The van der Waals surface area contributed by atoms with E-state index >= 15 is 0 Å². The van der Waals surface area contributed by atoms with Crippen molar-refractivity contribution in [2.75, 3.05) is 0 Å². The summed E-state index contributed by atoms with van der Waals surface area (Å²) in [6, 6.07) is 21.3. The van der Waals surface area contributed by atoms with Crippen LogP contribution in [-0.4, -0.2) is 23.0 Å². The first-order chi connectivity index (χ1) is 11.6. The highest BCUT2D eigenvalue weighted by Gasteiger charge is 2.21. The highest BCUT2D eigenvalue weighted by molar-refractivity contribution is 5.96. The van der Waals surface area contributed by atoms with Crippen molar-refractivity contribution >= 4 is 22.6 Å². The number of hydrogen-bond acceptors (Lipinski definition) is 2. The van der Waals surface area contributed by atoms with Gasteiger partial charge >= 0.3 is 5.97 Å². The number of carbonyl (C=O) groups excluding carboxylic acids is 1. The van der Waals surface area contributed by atoms with Crippen LogP contribution in [0.1, 0.15) is 15.9 Å². The lowest BCUT2D eigenvalue weighted by molar-refractivity contribution is -0.139. The standard InChI is InChI=1S/C20H17NO3/c22-19(16-7-2-1-3-8-16)21-18(20(23)24)13-14-10-11-15-6-4-5-9-17(15)12-14/h1-12,18H,13H2,(H,21,22)(H,23,24)/t18-/m0/s1. The molecule has 0 saturated heterocycles. The Bertz CT molecular complexity index is 874. The number of amides is 1. The van der Waals surface area contributed by atoms with E-state index in [4.69, 9.17) is 0 Å². The Labute approximate surface area is 139 Å². The van der Waals surface area contributed by atoms with Gasteiger partial charge in [-0.2, -0.15) is 0 Å². The van der Waals surface area contributed by atoms with Crippen LogP contribution in [0, 0.1) is 0 Å². The van der Waals surface area contributed by atoms with Gasteiger partial charge in [-0.05, 0) is 28.5 Å². The molecule has 0 bridgehead atoms. The Morgan fingerprint density at radius 2 is 1.54 bits per heavy atom. The normalized spacial score (nSPS) is 11.8. The Morgan fingerprint density at radius 3 is 2.25 bits per heavy atom. The van der Waals surface area contributed by atoms with Crippen molar-refractivity contribution in [3.8, 4) is 0 Å². The molecule has 3 rings (SSSR count). The van der Waals surface area contributed by atoms with Gasteiger partial charge in [0.15, 0.2) is 0 Å². The maximum absolute atomic E-state index is 12.2. The summed E-state index contributed by atoms with van der Waals surface area (Å²) in [6.07, 6.45) is 0.235. The second-order valence-corrected chi connectivity index (χ2v) is 5.62. The van der Waals surface area contributed by atoms with E-state index in [9.17, 15) is 14.7 Å². The monoisotopic (exact) mass is 319 g/mol. The van der Waals surface area contributed by atoms with Gasteiger partial charge < -0.3 is 10.4 Å². The minimum atomic E-state index is -1.05. The predicted molar refractivity (Wildman–Crippen MR) is 93.0 cm³/mol. The zero-order valence-electron chi connectivity index (χ0n) is 13.0. The molecule has 0 aliphatic heterocycles. The number of carbonyl (C=O) groups is 2. The fourth-order valence-corrected chi connectivity index (χ4v) is 2.63. The number of nitrogens with one attached hydrogen (secondary N) is 1. The summed E-state index contributed by atoms with van der Waals surface area (Å²) in [5.41, 5.74) is 1.32. The van der Waals surface area contributed by atoms with Gasteiger partial charge in [-0.1, -0.05) is 60.7 Å². The molecule has 4 nitrogen and oxygen atoms in total. The van der Waals surface area contributed by atoms with Crippen LogP contribution in [0.5, 0.6) is 0 Å². The number of carboxylic acid groups (broad SMARTS) is 1. The average Bonchev–Trinajstić information content (AvgIpc) is 2.61. The molecule has 2 N–H and O–H groups in total. The molecule has 0 radical (unpaired) electrons. The smallest absolute Gasteiger partial charge is 0.326 e. The Morgan fingerprint density at radius 1 is 0.875 bits per heavy atom. The lowest BCUT2D eigenvalue weighted by atomic mass is 10.0. The number of hydrogen-bond donors (Lipinski definition) is 2. The summed E-state index contributed by atoms with van der Waals surface area (Å²) in [5, 5.41) is 14.2. The minimum Gasteiger partial charge on any atom is -0.480 e. The molecule has 0 aliphatic carbocycles. The summed E-state index contributed by atoms with van der Waals surface area (Å²) in [7, 11) is 0. The van der Waals surface area contributed by atoms with E-state index in [-0.39, 0.29) is 12.3 Å². The first-order valence-electron chi connectivity index (χ1n) is 7.70. The van der Waals surface area contributed by atoms with Crippen molar-refractivity contribution in [2.24, 2.45) is 0 Å². The maximum Gasteiger partial charge on any atom is 0.326 e. The molecule has 120 valence electrons. The van der Waals surface area contributed by atoms with Gasteiger partial charge in [0.05, 0.1) is 0 Å². The van der Waals surface area contributed by atoms with Crippen LogP contribution in [0.4, 0.5) is 0 Å². The Balaban J connectivity index is 1.78. The number of benzene rings is 3. The highest BCUT2D eigenvalue weighted by Crippen LogP contribution is 2.17. The number of rotatable bonds is 5. The zero-order chi connectivity index (χ0) is 16.9. The van der Waals surface area contributed by atoms with Crippen molar-refractivity contribution in [1.29, 1.82) is 0 Å². The molecule has 3 aromatic carbocycles. The molecule has 0 spiro atoms. The molecule has 0 aromatic heterocycles. The van der Waals surface area contributed by atoms with Crippen molar-refractivity contribution in [3.63, 3.8) is 0 Å². The third kappa shape index (κ3) is 3.60. The summed E-state index contributed by atoms with van der Waals surface area (Å²) in [4.78, 5) is 23.7. The van der Waals surface area contributed by atoms with Gasteiger partial charge in [0.1, 0.15) is 6.04 Å². The minimum absolute atomic E-state index is 0.235. The Kier molecular flexibility index (Phi) is 4.57. The van der Waals surface area contributed by atoms with Crippen molar-refractivity contribution < 1.29 is 14.7 Å². The first kappa shape index (κ1) is 15.7. The second kappa shape index (κ2) is 6.96. The lowest BCUT2D eigenvalue weighted by Crippen LogP contribution is -2.42. The van der Waals surface area contributed by atoms with Crippen LogP contribution in [0.3, 0.4) is 0 Å². The molecule has 0 saturated carbocycles. The van der Waals surface area contributed by atoms with Crippen LogP contribution in [0.25, 0.3) is 10.8 Å². The molecule has 1 atom stereocenters. The third-order valence-electron chi connectivity index (χ3n) is 3.89. The number of carboxylic acids is 1. The summed E-state index contributed by atoms with van der Waals surface area (Å²) >= 11 is 0. The van der Waals surface area contributed by atoms with Gasteiger partial charge in [-0.3, -0.25) is 4.79 Å². The van der Waals surface area contributed by atoms with E-state index in [1.807, 2.05) is 42.5 Å². The SMILES string of the molecule is O=C(N[C@@H](Cc1ccc2ccccc2c1)C(=O)O)c1ccccc1.